The van der Waals surface area contributed by atoms with E-state index in [1.807, 2.05) is 18.2 Å². The highest BCUT2D eigenvalue weighted by Crippen LogP contribution is 2.57. The molecule has 0 saturated heterocycles. The van der Waals surface area contributed by atoms with Crippen LogP contribution in [0.5, 0.6) is 0 Å². The monoisotopic (exact) mass is 416 g/mol. The highest BCUT2D eigenvalue weighted by molar-refractivity contribution is 9.10. The molecular formula is C16H12Br2ClF. The van der Waals surface area contributed by atoms with Crippen molar-refractivity contribution in [1.82, 2.24) is 0 Å². The first-order valence-electron chi connectivity index (χ1n) is 6.41. The maximum atomic E-state index is 14.1. The minimum atomic E-state index is -0.220. The Bertz CT molecular complexity index is 630. The van der Waals surface area contributed by atoms with Gasteiger partial charge in [0.15, 0.2) is 0 Å². The van der Waals surface area contributed by atoms with Gasteiger partial charge in [0, 0.05) is 14.9 Å². The van der Waals surface area contributed by atoms with E-state index >= 15 is 0 Å². The van der Waals surface area contributed by atoms with Crippen LogP contribution in [-0.2, 0) is 0 Å². The van der Waals surface area contributed by atoms with E-state index in [-0.39, 0.29) is 10.6 Å². The highest BCUT2D eigenvalue weighted by atomic mass is 79.9. The van der Waals surface area contributed by atoms with E-state index in [0.29, 0.717) is 26.9 Å². The predicted molar refractivity (Wildman–Crippen MR) is 88.1 cm³/mol. The van der Waals surface area contributed by atoms with E-state index in [1.54, 1.807) is 6.07 Å². The third-order valence-corrected chi connectivity index (χ3v) is 6.15. The lowest BCUT2D eigenvalue weighted by molar-refractivity contribution is 0.598. The van der Waals surface area contributed by atoms with Crippen LogP contribution < -0.4 is 0 Å². The molecule has 0 aliphatic heterocycles. The van der Waals surface area contributed by atoms with Gasteiger partial charge in [0.25, 0.3) is 0 Å². The van der Waals surface area contributed by atoms with E-state index < -0.39 is 0 Å². The number of rotatable bonds is 3. The van der Waals surface area contributed by atoms with E-state index in [4.69, 9.17) is 11.6 Å². The Labute approximate surface area is 139 Å². The zero-order valence-electron chi connectivity index (χ0n) is 10.5. The lowest BCUT2D eigenvalue weighted by Gasteiger charge is -2.12. The van der Waals surface area contributed by atoms with Crippen molar-refractivity contribution in [1.29, 1.82) is 0 Å². The van der Waals surface area contributed by atoms with Crippen molar-refractivity contribution in [3.63, 3.8) is 0 Å². The van der Waals surface area contributed by atoms with Crippen molar-refractivity contribution in [2.24, 2.45) is 5.92 Å². The van der Waals surface area contributed by atoms with Crippen LogP contribution in [0.15, 0.2) is 46.9 Å². The van der Waals surface area contributed by atoms with E-state index in [9.17, 15) is 4.39 Å². The minimum Gasteiger partial charge on any atom is -0.207 e. The van der Waals surface area contributed by atoms with Gasteiger partial charge in [0.2, 0.25) is 0 Å². The fourth-order valence-electron chi connectivity index (χ4n) is 2.60. The number of hydrogen-bond donors (Lipinski definition) is 0. The molecule has 3 rings (SSSR count). The molecule has 0 heterocycles. The molecule has 20 heavy (non-hydrogen) atoms. The molecule has 0 nitrogen and oxygen atoms in total. The molecule has 0 amide bonds. The first-order valence-corrected chi connectivity index (χ1v) is 8.50. The Kier molecular flexibility index (Phi) is 4.21. The molecule has 0 bridgehead atoms. The molecule has 2 aromatic carbocycles. The van der Waals surface area contributed by atoms with Crippen LogP contribution in [0.25, 0.3) is 0 Å². The molecule has 0 aromatic heterocycles. The Morgan fingerprint density at radius 2 is 1.90 bits per heavy atom. The summed E-state index contributed by atoms with van der Waals surface area (Å²) >= 11 is 13.0. The van der Waals surface area contributed by atoms with E-state index in [2.05, 4.69) is 44.0 Å². The molecule has 1 aliphatic rings. The number of hydrogen-bond acceptors (Lipinski definition) is 0. The van der Waals surface area contributed by atoms with Crippen LogP contribution in [-0.4, -0.2) is 0 Å². The van der Waals surface area contributed by atoms with Crippen LogP contribution in [0.1, 0.15) is 28.3 Å². The normalized spacial score (nSPS) is 22.6. The smallest absolute Gasteiger partial charge is 0.128 e. The molecule has 104 valence electrons. The summed E-state index contributed by atoms with van der Waals surface area (Å²) in [7, 11) is 0. The third-order valence-electron chi connectivity index (χ3n) is 3.78. The van der Waals surface area contributed by atoms with Crippen LogP contribution in [0, 0.1) is 11.7 Å². The van der Waals surface area contributed by atoms with Gasteiger partial charge >= 0.3 is 0 Å². The zero-order chi connectivity index (χ0) is 14.3. The van der Waals surface area contributed by atoms with Gasteiger partial charge in [-0.25, -0.2) is 4.39 Å². The van der Waals surface area contributed by atoms with E-state index in [1.165, 1.54) is 11.6 Å². The Balaban J connectivity index is 1.82. The Morgan fingerprint density at radius 1 is 1.20 bits per heavy atom. The van der Waals surface area contributed by atoms with Crippen molar-refractivity contribution in [2.75, 3.05) is 0 Å². The fourth-order valence-corrected chi connectivity index (χ4v) is 4.02. The largest absolute Gasteiger partial charge is 0.207 e. The van der Waals surface area contributed by atoms with Gasteiger partial charge in [-0.1, -0.05) is 57.9 Å². The summed E-state index contributed by atoms with van der Waals surface area (Å²) in [4.78, 5) is -0.00157. The SMILES string of the molecule is Fc1cc(Br)c(Cl)cc1C(Br)C1CC1c1ccccc1. The molecule has 1 aliphatic carbocycles. The zero-order valence-corrected chi connectivity index (χ0v) is 14.4. The summed E-state index contributed by atoms with van der Waals surface area (Å²) in [5, 5.41) is 0.544. The number of benzene rings is 2. The average molecular weight is 419 g/mol. The predicted octanol–water partition coefficient (Wildman–Crippen LogP) is 6.48. The Morgan fingerprint density at radius 3 is 2.60 bits per heavy atom. The van der Waals surface area contributed by atoms with Gasteiger partial charge in [-0.05, 0) is 51.9 Å². The second kappa shape index (κ2) is 5.78. The van der Waals surface area contributed by atoms with Crippen molar-refractivity contribution in [3.8, 4) is 0 Å². The second-order valence-electron chi connectivity index (χ2n) is 5.11. The molecule has 3 atom stereocenters. The van der Waals surface area contributed by atoms with Crippen LogP contribution >= 0.6 is 43.5 Å². The van der Waals surface area contributed by atoms with Gasteiger partial charge in [-0.2, -0.15) is 0 Å². The number of halogens is 4. The maximum absolute atomic E-state index is 14.1. The van der Waals surface area contributed by atoms with Gasteiger partial charge in [-0.15, -0.1) is 0 Å². The Hall–Kier alpha value is -0.380. The second-order valence-corrected chi connectivity index (χ2v) is 7.35. The molecular weight excluding hydrogens is 406 g/mol. The summed E-state index contributed by atoms with van der Waals surface area (Å²) in [5.41, 5.74) is 1.96. The standard InChI is InChI=1S/C16H12Br2ClF/c17-13-8-15(20)12(7-14(13)19)16(18)11-6-10(11)9-4-2-1-3-5-9/h1-5,7-8,10-11,16H,6H2. The molecule has 0 N–H and O–H groups in total. The highest BCUT2D eigenvalue weighted by Gasteiger charge is 2.44. The summed E-state index contributed by atoms with van der Waals surface area (Å²) in [6.45, 7) is 0. The quantitative estimate of drug-likeness (QED) is 0.395. The molecule has 1 fully saturated rings. The van der Waals surface area contributed by atoms with Crippen LogP contribution in [0.3, 0.4) is 0 Å². The lowest BCUT2D eigenvalue weighted by atomic mass is 10.0. The van der Waals surface area contributed by atoms with Crippen LogP contribution in [0.2, 0.25) is 5.02 Å². The molecule has 0 radical (unpaired) electrons. The molecule has 0 spiro atoms. The first kappa shape index (κ1) is 14.6. The molecule has 2 aromatic rings. The topological polar surface area (TPSA) is 0 Å². The summed E-state index contributed by atoms with van der Waals surface area (Å²) in [6, 6.07) is 13.5. The summed E-state index contributed by atoms with van der Waals surface area (Å²) in [5.74, 6) is 0.702. The molecule has 4 heteroatoms. The van der Waals surface area contributed by atoms with Gasteiger partial charge in [0.05, 0.1) is 5.02 Å². The third kappa shape index (κ3) is 2.81. The minimum absolute atomic E-state index is 0.00157. The summed E-state index contributed by atoms with van der Waals surface area (Å²) < 4.78 is 14.7. The van der Waals surface area contributed by atoms with Crippen molar-refractivity contribution in [3.05, 3.63) is 68.9 Å². The molecule has 1 saturated carbocycles. The molecule has 3 unspecified atom stereocenters. The van der Waals surface area contributed by atoms with Crippen molar-refractivity contribution < 1.29 is 4.39 Å². The van der Waals surface area contributed by atoms with Crippen LogP contribution in [0.4, 0.5) is 4.39 Å². The number of alkyl halides is 1. The van der Waals surface area contributed by atoms with Crippen molar-refractivity contribution >= 4 is 43.5 Å². The maximum Gasteiger partial charge on any atom is 0.128 e. The van der Waals surface area contributed by atoms with E-state index in [0.717, 1.165) is 6.42 Å². The first-order chi connectivity index (χ1) is 9.58. The summed E-state index contributed by atoms with van der Waals surface area (Å²) in [6.07, 6.45) is 1.08. The van der Waals surface area contributed by atoms with Gasteiger partial charge < -0.3 is 0 Å². The van der Waals surface area contributed by atoms with Crippen molar-refractivity contribution in [2.45, 2.75) is 17.2 Å². The fraction of sp³-hybridized carbons (Fsp3) is 0.250. The lowest BCUT2D eigenvalue weighted by Crippen LogP contribution is -1.98. The van der Waals surface area contributed by atoms with Gasteiger partial charge in [0.1, 0.15) is 5.82 Å². The van der Waals surface area contributed by atoms with Gasteiger partial charge in [-0.3, -0.25) is 0 Å². The average Bonchev–Trinajstić information content (AvgIpc) is 3.23.